The molecule has 0 unspecified atom stereocenters. The molecule has 4 nitrogen and oxygen atoms in total. The minimum Gasteiger partial charge on any atom is -0.390 e. The van der Waals surface area contributed by atoms with Gasteiger partial charge >= 0.3 is 0 Å². The quantitative estimate of drug-likeness (QED) is 0.658. The molecule has 4 heteroatoms. The Kier molecular flexibility index (Phi) is 5.02. The van der Waals surface area contributed by atoms with Gasteiger partial charge in [-0.2, -0.15) is 0 Å². The van der Waals surface area contributed by atoms with Gasteiger partial charge in [-0.05, 0) is 36.2 Å². The Balaban J connectivity index is 1.53. The molecule has 3 aromatic rings. The highest BCUT2D eigenvalue weighted by Gasteiger charge is 2.45. The number of benzene rings is 3. The molecule has 0 spiro atoms. The number of Topliss-reactive ketones (excluding diaryl/α,β-unsaturated/α-hetero) is 1. The van der Waals surface area contributed by atoms with Crippen LogP contribution < -0.4 is 0 Å². The number of aliphatic hydroxyl groups excluding tert-OH is 1. The Bertz CT molecular complexity index is 980. The number of hydrogen-bond acceptors (Lipinski definition) is 4. The maximum absolute atomic E-state index is 12.8. The molecule has 1 saturated heterocycles. The van der Waals surface area contributed by atoms with Gasteiger partial charge in [0, 0.05) is 12.0 Å². The molecule has 28 heavy (non-hydrogen) atoms. The molecule has 3 atom stereocenters. The monoisotopic (exact) mass is 376 g/mol. The van der Waals surface area contributed by atoms with Crippen molar-refractivity contribution < 1.29 is 19.4 Å². The van der Waals surface area contributed by atoms with Crippen LogP contribution in [0.2, 0.25) is 0 Å². The second-order valence-electron chi connectivity index (χ2n) is 7.69. The highest BCUT2D eigenvalue weighted by atomic mass is 16.8. The Morgan fingerprint density at radius 1 is 0.964 bits per heavy atom. The standard InChI is InChI=1S/C24H24O4/c1-24(2)27-22(17-9-4-3-5-10-17)23(28-24)21(26)15-20(25)19-13-12-16-8-6-7-11-18(16)14-19/h3-14,21-23,26H,15H2,1-2H3/t21-,22+,23+/m1/s1. The van der Waals surface area contributed by atoms with Gasteiger partial charge in [0.05, 0.1) is 6.10 Å². The molecule has 0 radical (unpaired) electrons. The molecule has 0 aromatic heterocycles. The predicted molar refractivity (Wildman–Crippen MR) is 108 cm³/mol. The summed E-state index contributed by atoms with van der Waals surface area (Å²) >= 11 is 0. The van der Waals surface area contributed by atoms with Crippen molar-refractivity contribution in [3.8, 4) is 0 Å². The van der Waals surface area contributed by atoms with Gasteiger partial charge in [-0.25, -0.2) is 0 Å². The van der Waals surface area contributed by atoms with E-state index in [0.717, 1.165) is 16.3 Å². The van der Waals surface area contributed by atoms with Crippen LogP contribution >= 0.6 is 0 Å². The molecule has 1 aliphatic rings. The van der Waals surface area contributed by atoms with E-state index in [4.69, 9.17) is 9.47 Å². The Labute approximate surface area is 164 Å². The first kappa shape index (κ1) is 18.8. The summed E-state index contributed by atoms with van der Waals surface area (Å²) in [5.74, 6) is -0.934. The second kappa shape index (κ2) is 7.47. The number of fused-ring (bicyclic) bond motifs is 1. The van der Waals surface area contributed by atoms with Gasteiger partial charge in [-0.1, -0.05) is 66.7 Å². The minimum atomic E-state index is -0.967. The topological polar surface area (TPSA) is 55.8 Å². The summed E-state index contributed by atoms with van der Waals surface area (Å²) < 4.78 is 12.0. The number of rotatable bonds is 5. The van der Waals surface area contributed by atoms with E-state index in [0.29, 0.717) is 5.56 Å². The van der Waals surface area contributed by atoms with E-state index in [1.54, 1.807) is 0 Å². The van der Waals surface area contributed by atoms with Gasteiger partial charge in [-0.3, -0.25) is 4.79 Å². The van der Waals surface area contributed by atoms with E-state index in [1.807, 2.05) is 86.6 Å². The van der Waals surface area contributed by atoms with Gasteiger partial charge in [-0.15, -0.1) is 0 Å². The average Bonchev–Trinajstić information content (AvgIpc) is 3.04. The number of ether oxygens (including phenoxy) is 2. The van der Waals surface area contributed by atoms with Crippen molar-refractivity contribution in [2.75, 3.05) is 0 Å². The largest absolute Gasteiger partial charge is 0.390 e. The van der Waals surface area contributed by atoms with Crippen LogP contribution in [-0.2, 0) is 9.47 Å². The van der Waals surface area contributed by atoms with Crippen molar-refractivity contribution >= 4 is 16.6 Å². The van der Waals surface area contributed by atoms with Crippen molar-refractivity contribution in [1.82, 2.24) is 0 Å². The van der Waals surface area contributed by atoms with Crippen molar-refractivity contribution in [1.29, 1.82) is 0 Å². The van der Waals surface area contributed by atoms with Gasteiger partial charge in [0.15, 0.2) is 11.6 Å². The van der Waals surface area contributed by atoms with E-state index in [2.05, 4.69) is 0 Å². The Hall–Kier alpha value is -2.53. The Morgan fingerprint density at radius 2 is 1.64 bits per heavy atom. The molecule has 0 saturated carbocycles. The van der Waals surface area contributed by atoms with E-state index < -0.39 is 24.1 Å². The van der Waals surface area contributed by atoms with Crippen LogP contribution in [0, 0.1) is 0 Å². The van der Waals surface area contributed by atoms with Crippen LogP contribution in [0.1, 0.15) is 42.3 Å². The summed E-state index contributed by atoms with van der Waals surface area (Å²) in [5, 5.41) is 12.9. The number of ketones is 1. The van der Waals surface area contributed by atoms with Gasteiger partial charge < -0.3 is 14.6 Å². The first-order valence-electron chi connectivity index (χ1n) is 9.54. The summed E-state index contributed by atoms with van der Waals surface area (Å²) in [6, 6.07) is 23.2. The molecular weight excluding hydrogens is 352 g/mol. The number of carbonyl (C=O) groups is 1. The van der Waals surface area contributed by atoms with Crippen LogP contribution in [-0.4, -0.2) is 28.9 Å². The maximum atomic E-state index is 12.8. The van der Waals surface area contributed by atoms with Gasteiger partial charge in [0.2, 0.25) is 0 Å². The molecule has 1 N–H and O–H groups in total. The highest BCUT2D eigenvalue weighted by Crippen LogP contribution is 2.40. The third-order valence-electron chi connectivity index (χ3n) is 5.10. The molecular formula is C24H24O4. The summed E-state index contributed by atoms with van der Waals surface area (Å²) in [6.07, 6.45) is -2.02. The zero-order chi connectivity index (χ0) is 19.7. The molecule has 1 heterocycles. The fourth-order valence-corrected chi connectivity index (χ4v) is 3.76. The van der Waals surface area contributed by atoms with Crippen LogP contribution in [0.15, 0.2) is 72.8 Å². The summed E-state index contributed by atoms with van der Waals surface area (Å²) in [6.45, 7) is 3.64. The van der Waals surface area contributed by atoms with Crippen LogP contribution in [0.5, 0.6) is 0 Å². The van der Waals surface area contributed by atoms with Crippen LogP contribution in [0.25, 0.3) is 10.8 Å². The first-order chi connectivity index (χ1) is 13.4. The van der Waals surface area contributed by atoms with E-state index in [9.17, 15) is 9.90 Å². The zero-order valence-electron chi connectivity index (χ0n) is 16.0. The molecule has 0 amide bonds. The molecule has 1 aliphatic heterocycles. The number of hydrogen-bond donors (Lipinski definition) is 1. The van der Waals surface area contributed by atoms with Crippen molar-refractivity contribution in [3.05, 3.63) is 83.9 Å². The van der Waals surface area contributed by atoms with Gasteiger partial charge in [0.25, 0.3) is 0 Å². The molecule has 144 valence electrons. The summed E-state index contributed by atoms with van der Waals surface area (Å²) in [4.78, 5) is 12.8. The molecule has 0 bridgehead atoms. The van der Waals surface area contributed by atoms with E-state index in [1.165, 1.54) is 0 Å². The van der Waals surface area contributed by atoms with Crippen molar-refractivity contribution in [3.63, 3.8) is 0 Å². The molecule has 3 aromatic carbocycles. The third kappa shape index (κ3) is 3.85. The van der Waals surface area contributed by atoms with E-state index >= 15 is 0 Å². The molecule has 4 rings (SSSR count). The van der Waals surface area contributed by atoms with Crippen LogP contribution in [0.4, 0.5) is 0 Å². The van der Waals surface area contributed by atoms with Gasteiger partial charge in [0.1, 0.15) is 12.2 Å². The number of carbonyl (C=O) groups excluding carboxylic acids is 1. The SMILES string of the molecule is CC1(C)O[C@@H]([C@H](O)CC(=O)c2ccc3ccccc3c2)[C@H](c2ccccc2)O1. The second-order valence-corrected chi connectivity index (χ2v) is 7.69. The summed E-state index contributed by atoms with van der Waals surface area (Å²) in [7, 11) is 0. The Morgan fingerprint density at radius 3 is 2.39 bits per heavy atom. The molecule has 1 fully saturated rings. The molecule has 0 aliphatic carbocycles. The smallest absolute Gasteiger partial charge is 0.165 e. The average molecular weight is 376 g/mol. The predicted octanol–water partition coefficient (Wildman–Crippen LogP) is 4.67. The summed E-state index contributed by atoms with van der Waals surface area (Å²) in [5.41, 5.74) is 1.52. The van der Waals surface area contributed by atoms with E-state index in [-0.39, 0.29) is 12.2 Å². The lowest BCUT2D eigenvalue weighted by molar-refractivity contribution is -0.155. The minimum absolute atomic E-state index is 0.0220. The normalized spacial score (nSPS) is 22.2. The lowest BCUT2D eigenvalue weighted by Crippen LogP contribution is -2.33. The van der Waals surface area contributed by atoms with Crippen molar-refractivity contribution in [2.45, 2.75) is 44.4 Å². The fraction of sp³-hybridized carbons (Fsp3) is 0.292. The highest BCUT2D eigenvalue weighted by molar-refractivity contribution is 6.00. The third-order valence-corrected chi connectivity index (χ3v) is 5.10. The lowest BCUT2D eigenvalue weighted by Gasteiger charge is -2.22. The maximum Gasteiger partial charge on any atom is 0.165 e. The number of aliphatic hydroxyl groups is 1. The lowest BCUT2D eigenvalue weighted by atomic mass is 9.95. The first-order valence-corrected chi connectivity index (χ1v) is 9.54. The van der Waals surface area contributed by atoms with Crippen molar-refractivity contribution in [2.24, 2.45) is 0 Å². The zero-order valence-corrected chi connectivity index (χ0v) is 16.0. The fourth-order valence-electron chi connectivity index (χ4n) is 3.76. The van der Waals surface area contributed by atoms with Crippen LogP contribution in [0.3, 0.4) is 0 Å².